The number of nitrogens with zero attached hydrogens (tertiary/aromatic N) is 1. The summed E-state index contributed by atoms with van der Waals surface area (Å²) in [7, 11) is 1.82. The molecule has 1 aromatic carbocycles. The Labute approximate surface area is 125 Å². The lowest BCUT2D eigenvalue weighted by Gasteiger charge is -2.02. The first-order chi connectivity index (χ1) is 9.36. The molecular weight excluding hydrogens is 301 g/mol. The molecule has 1 aromatic heterocycles. The molecule has 2 rings (SSSR count). The van der Waals surface area contributed by atoms with Gasteiger partial charge < -0.3 is 9.67 Å². The van der Waals surface area contributed by atoms with E-state index < -0.39 is 21.8 Å². The largest absolute Gasteiger partial charge is 0.477 e. The van der Waals surface area contributed by atoms with E-state index in [0.29, 0.717) is 16.6 Å². The van der Waals surface area contributed by atoms with E-state index in [2.05, 4.69) is 0 Å². The van der Waals surface area contributed by atoms with Crippen LogP contribution >= 0.6 is 23.2 Å². The molecule has 0 spiro atoms. The Morgan fingerprint density at radius 2 is 1.75 bits per heavy atom. The van der Waals surface area contributed by atoms with Gasteiger partial charge in [-0.25, -0.2) is 4.79 Å². The molecule has 0 aliphatic heterocycles. The zero-order chi connectivity index (χ0) is 15.0. The lowest BCUT2D eigenvalue weighted by atomic mass is 10.1. The lowest BCUT2D eigenvalue weighted by molar-refractivity contribution is -0.131. The van der Waals surface area contributed by atoms with Crippen LogP contribution in [0, 0.1) is 6.92 Å². The number of carbonyl (C=O) groups excluding carboxylic acids is 1. The predicted octanol–water partition coefficient (Wildman–Crippen LogP) is 3.44. The van der Waals surface area contributed by atoms with Gasteiger partial charge in [-0.1, -0.05) is 41.4 Å². The maximum Gasteiger partial charge on any atom is 0.349 e. The monoisotopic (exact) mass is 311 g/mol. The first-order valence-electron chi connectivity index (χ1n) is 5.73. The van der Waals surface area contributed by atoms with E-state index in [-0.39, 0.29) is 0 Å². The van der Waals surface area contributed by atoms with Crippen LogP contribution in [0.2, 0.25) is 0 Å². The molecule has 104 valence electrons. The molecule has 0 bridgehead atoms. The van der Waals surface area contributed by atoms with Gasteiger partial charge in [0, 0.05) is 23.6 Å². The van der Waals surface area contributed by atoms with Crippen molar-refractivity contribution in [2.24, 2.45) is 7.05 Å². The fourth-order valence-electron chi connectivity index (χ4n) is 2.11. The molecule has 20 heavy (non-hydrogen) atoms. The molecule has 2 aromatic rings. The number of para-hydroxylation sites is 1. The molecule has 1 heterocycles. The highest BCUT2D eigenvalue weighted by atomic mass is 35.5. The van der Waals surface area contributed by atoms with E-state index in [9.17, 15) is 9.59 Å². The number of benzene rings is 1. The third-order valence-corrected chi connectivity index (χ3v) is 4.01. The topological polar surface area (TPSA) is 59.3 Å². The van der Waals surface area contributed by atoms with Crippen molar-refractivity contribution in [3.8, 4) is 0 Å². The highest BCUT2D eigenvalue weighted by molar-refractivity contribution is 6.55. The Hall–Kier alpha value is -1.78. The van der Waals surface area contributed by atoms with Crippen LogP contribution < -0.4 is 0 Å². The molecule has 0 atom stereocenters. The number of Topliss-reactive ketones (excluding diaryl/α,β-unsaturated/α-hetero) is 1. The molecule has 0 amide bonds. The summed E-state index contributed by atoms with van der Waals surface area (Å²) in [5, 5.41) is 8.35. The van der Waals surface area contributed by atoms with Crippen molar-refractivity contribution < 1.29 is 14.7 Å². The summed E-state index contributed by atoms with van der Waals surface area (Å²) in [5.41, 5.74) is 1.93. The lowest BCUT2D eigenvalue weighted by Crippen LogP contribution is -2.07. The van der Waals surface area contributed by atoms with Gasteiger partial charge in [-0.05, 0) is 13.0 Å². The Kier molecular flexibility index (Phi) is 3.88. The average Bonchev–Trinajstić information content (AvgIpc) is 2.69. The minimum Gasteiger partial charge on any atom is -0.477 e. The standard InChI is InChI=1S/C14H11Cl2NO3/c1-7-10(13(18)11(15)12(16)14(19)20)8-5-3-4-6-9(8)17(7)2/h3-6H,1-2H3,(H,19,20)/b12-11+. The van der Waals surface area contributed by atoms with Crippen molar-refractivity contribution in [2.75, 3.05) is 0 Å². The number of rotatable bonds is 3. The van der Waals surface area contributed by atoms with Crippen molar-refractivity contribution in [1.82, 2.24) is 4.57 Å². The third kappa shape index (κ3) is 2.21. The quantitative estimate of drug-likeness (QED) is 0.697. The van der Waals surface area contributed by atoms with Gasteiger partial charge in [0.25, 0.3) is 0 Å². The van der Waals surface area contributed by atoms with Crippen molar-refractivity contribution in [1.29, 1.82) is 0 Å². The zero-order valence-corrected chi connectivity index (χ0v) is 12.3. The van der Waals surface area contributed by atoms with Crippen LogP contribution in [0.25, 0.3) is 10.9 Å². The summed E-state index contributed by atoms with van der Waals surface area (Å²) >= 11 is 11.3. The number of carbonyl (C=O) groups is 2. The molecule has 0 aliphatic carbocycles. The summed E-state index contributed by atoms with van der Waals surface area (Å²) in [5.74, 6) is -2.02. The summed E-state index contributed by atoms with van der Waals surface area (Å²) in [6, 6.07) is 7.32. The molecular formula is C14H11Cl2NO3. The number of fused-ring (bicyclic) bond motifs is 1. The van der Waals surface area contributed by atoms with Crippen LogP contribution in [0.5, 0.6) is 0 Å². The van der Waals surface area contributed by atoms with E-state index in [0.717, 1.165) is 5.52 Å². The van der Waals surface area contributed by atoms with Crippen LogP contribution in [0.15, 0.2) is 34.3 Å². The van der Waals surface area contributed by atoms with E-state index in [1.807, 2.05) is 23.7 Å². The highest BCUT2D eigenvalue weighted by Crippen LogP contribution is 2.29. The number of hydrogen-bond acceptors (Lipinski definition) is 2. The number of aliphatic carboxylic acids is 1. The number of carboxylic acid groups (broad SMARTS) is 1. The number of halogens is 2. The van der Waals surface area contributed by atoms with Gasteiger partial charge in [0.2, 0.25) is 5.78 Å². The highest BCUT2D eigenvalue weighted by Gasteiger charge is 2.24. The number of ketones is 1. The SMILES string of the molecule is Cc1c(C(=O)/C(Cl)=C(\Cl)C(=O)O)c2ccccc2n1C. The third-order valence-electron chi connectivity index (χ3n) is 3.21. The molecule has 4 nitrogen and oxygen atoms in total. The van der Waals surface area contributed by atoms with E-state index in [4.69, 9.17) is 28.3 Å². The summed E-state index contributed by atoms with van der Waals surface area (Å²) in [6.45, 7) is 1.77. The summed E-state index contributed by atoms with van der Waals surface area (Å²) < 4.78 is 1.85. The number of aryl methyl sites for hydroxylation is 1. The van der Waals surface area contributed by atoms with Gasteiger partial charge in [-0.2, -0.15) is 0 Å². The van der Waals surface area contributed by atoms with Gasteiger partial charge in [0.15, 0.2) is 0 Å². The van der Waals surface area contributed by atoms with Crippen molar-refractivity contribution in [2.45, 2.75) is 6.92 Å². The second-order valence-electron chi connectivity index (χ2n) is 4.30. The summed E-state index contributed by atoms with van der Waals surface area (Å²) in [6.07, 6.45) is 0. The van der Waals surface area contributed by atoms with E-state index in [1.54, 1.807) is 19.1 Å². The second-order valence-corrected chi connectivity index (χ2v) is 5.05. The maximum atomic E-state index is 12.4. The Bertz CT molecular complexity index is 759. The smallest absolute Gasteiger partial charge is 0.349 e. The van der Waals surface area contributed by atoms with Crippen LogP contribution in [-0.4, -0.2) is 21.4 Å². The number of hydrogen-bond donors (Lipinski definition) is 1. The number of allylic oxidation sites excluding steroid dienone is 1. The average molecular weight is 312 g/mol. The molecule has 0 saturated heterocycles. The molecule has 0 aliphatic rings. The fraction of sp³-hybridized carbons (Fsp3) is 0.143. The van der Waals surface area contributed by atoms with Crippen LogP contribution in [0.4, 0.5) is 0 Å². The van der Waals surface area contributed by atoms with Crippen molar-refractivity contribution >= 4 is 45.9 Å². The zero-order valence-electron chi connectivity index (χ0n) is 10.8. The Morgan fingerprint density at radius 1 is 1.15 bits per heavy atom. The van der Waals surface area contributed by atoms with Crippen LogP contribution in [-0.2, 0) is 11.8 Å². The van der Waals surface area contributed by atoms with Gasteiger partial charge in [0.05, 0.1) is 5.56 Å². The van der Waals surface area contributed by atoms with Gasteiger partial charge in [0.1, 0.15) is 10.1 Å². The van der Waals surface area contributed by atoms with Crippen LogP contribution in [0.1, 0.15) is 16.1 Å². The molecule has 0 unspecified atom stereocenters. The molecule has 6 heteroatoms. The molecule has 0 saturated carbocycles. The van der Waals surface area contributed by atoms with Gasteiger partial charge in [-0.15, -0.1) is 0 Å². The van der Waals surface area contributed by atoms with Gasteiger partial charge in [-0.3, -0.25) is 4.79 Å². The second kappa shape index (κ2) is 5.31. The van der Waals surface area contributed by atoms with Crippen molar-refractivity contribution in [3.63, 3.8) is 0 Å². The maximum absolute atomic E-state index is 12.4. The van der Waals surface area contributed by atoms with Gasteiger partial charge >= 0.3 is 5.97 Å². The Balaban J connectivity index is 2.71. The van der Waals surface area contributed by atoms with Crippen molar-refractivity contribution in [3.05, 3.63) is 45.6 Å². The minimum atomic E-state index is -1.43. The molecule has 0 radical (unpaired) electrons. The normalized spacial score (nSPS) is 12.4. The van der Waals surface area contributed by atoms with E-state index in [1.165, 1.54) is 0 Å². The fourth-order valence-corrected chi connectivity index (χ4v) is 2.37. The number of carboxylic acids is 1. The van der Waals surface area contributed by atoms with Crippen LogP contribution in [0.3, 0.4) is 0 Å². The van der Waals surface area contributed by atoms with E-state index >= 15 is 0 Å². The first-order valence-corrected chi connectivity index (χ1v) is 6.49. The summed E-state index contributed by atoms with van der Waals surface area (Å²) in [4.78, 5) is 23.2. The number of aromatic nitrogens is 1. The Morgan fingerprint density at radius 3 is 2.35 bits per heavy atom. The minimum absolute atomic E-state index is 0.368. The molecule has 1 N–H and O–H groups in total. The first kappa shape index (κ1) is 14.6. The molecule has 0 fully saturated rings. The predicted molar refractivity (Wildman–Crippen MR) is 78.4 cm³/mol.